The molecule has 68 valence electrons. The van der Waals surface area contributed by atoms with E-state index >= 15 is 0 Å². The first-order valence-corrected chi connectivity index (χ1v) is 4.61. The molecule has 0 aliphatic heterocycles. The summed E-state index contributed by atoms with van der Waals surface area (Å²) in [7, 11) is 0. The second-order valence-electron chi connectivity index (χ2n) is 2.74. The van der Waals surface area contributed by atoms with E-state index in [1.165, 1.54) is 23.5 Å². The van der Waals surface area contributed by atoms with Crippen molar-refractivity contribution in [2.24, 2.45) is 0 Å². The van der Waals surface area contributed by atoms with Gasteiger partial charge in [0.05, 0.1) is 17.2 Å². The smallest absolute Gasteiger partial charge is 0.123 e. The van der Waals surface area contributed by atoms with Crippen LogP contribution in [0.4, 0.5) is 10.1 Å². The zero-order chi connectivity index (χ0) is 9.42. The standard InChI is InChI=1S/C9H8FNOS/c10-5-1-2-7-6(3-5)9(11)8(4-12)13-7/h1-3,12H,4,11H2. The van der Waals surface area contributed by atoms with Gasteiger partial charge in [0, 0.05) is 10.1 Å². The number of fused-ring (bicyclic) bond motifs is 1. The fourth-order valence-electron chi connectivity index (χ4n) is 1.26. The van der Waals surface area contributed by atoms with Gasteiger partial charge in [-0.3, -0.25) is 0 Å². The van der Waals surface area contributed by atoms with E-state index < -0.39 is 0 Å². The lowest BCUT2D eigenvalue weighted by atomic mass is 10.2. The molecule has 0 fully saturated rings. The predicted octanol–water partition coefficient (Wildman–Crippen LogP) is 2.11. The van der Waals surface area contributed by atoms with Crippen molar-refractivity contribution in [2.45, 2.75) is 6.61 Å². The lowest BCUT2D eigenvalue weighted by molar-refractivity contribution is 0.286. The molecule has 1 aromatic heterocycles. The van der Waals surface area contributed by atoms with E-state index in [2.05, 4.69) is 0 Å². The highest BCUT2D eigenvalue weighted by molar-refractivity contribution is 7.19. The van der Waals surface area contributed by atoms with Crippen LogP contribution in [0.2, 0.25) is 0 Å². The van der Waals surface area contributed by atoms with E-state index in [0.717, 1.165) is 4.70 Å². The van der Waals surface area contributed by atoms with Crippen LogP contribution in [0.3, 0.4) is 0 Å². The van der Waals surface area contributed by atoms with Crippen molar-refractivity contribution >= 4 is 27.1 Å². The van der Waals surface area contributed by atoms with Crippen LogP contribution in [0.5, 0.6) is 0 Å². The van der Waals surface area contributed by atoms with Crippen LogP contribution in [0.25, 0.3) is 10.1 Å². The Bertz CT molecular complexity index is 452. The van der Waals surface area contributed by atoms with E-state index in [4.69, 9.17) is 10.8 Å². The predicted molar refractivity (Wildman–Crippen MR) is 52.1 cm³/mol. The van der Waals surface area contributed by atoms with Gasteiger partial charge < -0.3 is 10.8 Å². The first-order valence-electron chi connectivity index (χ1n) is 3.79. The number of halogens is 1. The number of thiophene rings is 1. The Morgan fingerprint density at radius 3 is 2.92 bits per heavy atom. The van der Waals surface area contributed by atoms with Crippen LogP contribution < -0.4 is 5.73 Å². The highest BCUT2D eigenvalue weighted by Crippen LogP contribution is 2.33. The average Bonchev–Trinajstić information content (AvgIpc) is 2.44. The molecule has 1 aromatic carbocycles. The van der Waals surface area contributed by atoms with Crippen molar-refractivity contribution in [3.63, 3.8) is 0 Å². The molecular weight excluding hydrogens is 189 g/mol. The van der Waals surface area contributed by atoms with Gasteiger partial charge in [0.2, 0.25) is 0 Å². The molecule has 2 nitrogen and oxygen atoms in total. The average molecular weight is 197 g/mol. The molecule has 3 N–H and O–H groups in total. The van der Waals surface area contributed by atoms with Gasteiger partial charge in [0.1, 0.15) is 5.82 Å². The summed E-state index contributed by atoms with van der Waals surface area (Å²) in [6, 6.07) is 4.45. The second kappa shape index (κ2) is 2.97. The molecule has 0 amide bonds. The molecule has 0 bridgehead atoms. The quantitative estimate of drug-likeness (QED) is 0.735. The minimum absolute atomic E-state index is 0.0905. The fraction of sp³-hybridized carbons (Fsp3) is 0.111. The van der Waals surface area contributed by atoms with Crippen LogP contribution in [0.15, 0.2) is 18.2 Å². The Morgan fingerprint density at radius 2 is 2.23 bits per heavy atom. The summed E-state index contributed by atoms with van der Waals surface area (Å²) in [4.78, 5) is 0.695. The number of hydrogen-bond donors (Lipinski definition) is 2. The van der Waals surface area contributed by atoms with Gasteiger partial charge in [-0.15, -0.1) is 11.3 Å². The number of aliphatic hydroxyl groups excluding tert-OH is 1. The second-order valence-corrected chi connectivity index (χ2v) is 3.87. The lowest BCUT2D eigenvalue weighted by Crippen LogP contribution is -1.88. The molecule has 0 radical (unpaired) electrons. The molecule has 0 saturated heterocycles. The largest absolute Gasteiger partial charge is 0.397 e. The van der Waals surface area contributed by atoms with Gasteiger partial charge in [-0.1, -0.05) is 0 Å². The first-order chi connectivity index (χ1) is 6.22. The Kier molecular flexibility index (Phi) is 1.94. The zero-order valence-electron chi connectivity index (χ0n) is 6.75. The summed E-state index contributed by atoms with van der Waals surface area (Å²) < 4.78 is 13.7. The Hall–Kier alpha value is -1.13. The monoisotopic (exact) mass is 197 g/mol. The van der Waals surface area contributed by atoms with E-state index in [9.17, 15) is 4.39 Å². The normalized spacial score (nSPS) is 10.9. The third kappa shape index (κ3) is 1.28. The van der Waals surface area contributed by atoms with E-state index in [1.807, 2.05) is 0 Å². The molecule has 1 heterocycles. The van der Waals surface area contributed by atoms with Crippen LogP contribution in [0.1, 0.15) is 4.88 Å². The third-order valence-electron chi connectivity index (χ3n) is 1.91. The van der Waals surface area contributed by atoms with Crippen molar-refractivity contribution in [3.8, 4) is 0 Å². The number of benzene rings is 1. The number of rotatable bonds is 1. The molecule has 4 heteroatoms. The highest BCUT2D eigenvalue weighted by atomic mass is 32.1. The molecule has 0 spiro atoms. The Morgan fingerprint density at radius 1 is 1.46 bits per heavy atom. The zero-order valence-corrected chi connectivity index (χ0v) is 7.57. The highest BCUT2D eigenvalue weighted by Gasteiger charge is 2.08. The van der Waals surface area contributed by atoms with E-state index in [1.54, 1.807) is 6.07 Å². The maximum atomic E-state index is 12.8. The molecule has 0 aliphatic carbocycles. The summed E-state index contributed by atoms with van der Waals surface area (Å²) in [6.45, 7) is -0.0905. The number of anilines is 1. The lowest BCUT2D eigenvalue weighted by Gasteiger charge is -1.92. The van der Waals surface area contributed by atoms with E-state index in [0.29, 0.717) is 16.0 Å². The van der Waals surface area contributed by atoms with Crippen molar-refractivity contribution in [3.05, 3.63) is 28.9 Å². The Labute approximate surface area is 78.4 Å². The minimum atomic E-state index is -0.304. The molecule has 0 saturated carbocycles. The molecule has 13 heavy (non-hydrogen) atoms. The van der Waals surface area contributed by atoms with Crippen molar-refractivity contribution in [1.29, 1.82) is 0 Å². The van der Waals surface area contributed by atoms with Crippen molar-refractivity contribution in [2.75, 3.05) is 5.73 Å². The molecule has 0 unspecified atom stereocenters. The van der Waals surface area contributed by atoms with Crippen LogP contribution in [-0.2, 0) is 6.61 Å². The van der Waals surface area contributed by atoms with Crippen LogP contribution >= 0.6 is 11.3 Å². The number of aliphatic hydroxyl groups is 1. The number of hydrogen-bond acceptors (Lipinski definition) is 3. The van der Waals surface area contributed by atoms with Crippen LogP contribution in [0, 0.1) is 5.82 Å². The maximum absolute atomic E-state index is 12.8. The molecule has 2 rings (SSSR count). The molecule has 2 aromatic rings. The van der Waals surface area contributed by atoms with Crippen molar-refractivity contribution < 1.29 is 9.50 Å². The van der Waals surface area contributed by atoms with Gasteiger partial charge in [0.25, 0.3) is 0 Å². The van der Waals surface area contributed by atoms with Gasteiger partial charge in [-0.2, -0.15) is 0 Å². The van der Waals surface area contributed by atoms with Crippen molar-refractivity contribution in [1.82, 2.24) is 0 Å². The minimum Gasteiger partial charge on any atom is -0.397 e. The van der Waals surface area contributed by atoms with Crippen LogP contribution in [-0.4, -0.2) is 5.11 Å². The molecule has 0 atom stereocenters. The SMILES string of the molecule is Nc1c(CO)sc2ccc(F)cc12. The fourth-order valence-corrected chi connectivity index (χ4v) is 2.22. The third-order valence-corrected chi connectivity index (χ3v) is 3.08. The first kappa shape index (κ1) is 8.47. The Balaban J connectivity index is 2.77. The van der Waals surface area contributed by atoms with Gasteiger partial charge in [-0.05, 0) is 18.2 Å². The maximum Gasteiger partial charge on any atom is 0.123 e. The number of nitrogen functional groups attached to an aromatic ring is 1. The summed E-state index contributed by atoms with van der Waals surface area (Å²) in [5, 5.41) is 9.61. The summed E-state index contributed by atoms with van der Waals surface area (Å²) >= 11 is 1.39. The topological polar surface area (TPSA) is 46.2 Å². The number of nitrogens with two attached hydrogens (primary N) is 1. The van der Waals surface area contributed by atoms with Gasteiger partial charge >= 0.3 is 0 Å². The summed E-state index contributed by atoms with van der Waals surface area (Å²) in [5.74, 6) is -0.304. The van der Waals surface area contributed by atoms with Gasteiger partial charge in [0.15, 0.2) is 0 Å². The summed E-state index contributed by atoms with van der Waals surface area (Å²) in [5.41, 5.74) is 6.19. The van der Waals surface area contributed by atoms with Gasteiger partial charge in [-0.25, -0.2) is 4.39 Å². The van der Waals surface area contributed by atoms with E-state index in [-0.39, 0.29) is 12.4 Å². The molecule has 0 aliphatic rings. The summed E-state index contributed by atoms with van der Waals surface area (Å²) in [6.07, 6.45) is 0. The molecular formula is C9H8FNOS.